The van der Waals surface area contributed by atoms with Crippen molar-refractivity contribution in [1.82, 2.24) is 4.90 Å². The molecule has 0 bridgehead atoms. The fourth-order valence-corrected chi connectivity index (χ4v) is 3.62. The second-order valence-electron chi connectivity index (χ2n) is 6.36. The Morgan fingerprint density at radius 3 is 2.56 bits per heavy atom. The van der Waals surface area contributed by atoms with Crippen LogP contribution in [0.3, 0.4) is 0 Å². The van der Waals surface area contributed by atoms with Crippen molar-refractivity contribution in [1.29, 1.82) is 0 Å². The summed E-state index contributed by atoms with van der Waals surface area (Å²) < 4.78 is 0. The van der Waals surface area contributed by atoms with E-state index in [0.29, 0.717) is 12.0 Å². The molecule has 104 valence electrons. The third kappa shape index (κ3) is 3.58. The molecule has 2 rings (SSSR count). The maximum atomic E-state index is 10.3. The molecule has 0 amide bonds. The molecule has 1 saturated carbocycles. The molecule has 2 nitrogen and oxygen atoms in total. The van der Waals surface area contributed by atoms with E-state index in [9.17, 15) is 5.11 Å². The van der Waals surface area contributed by atoms with E-state index in [1.54, 1.807) is 0 Å². The van der Waals surface area contributed by atoms with Crippen LogP contribution in [0.15, 0.2) is 11.6 Å². The molecular weight excluding hydrogens is 222 g/mol. The molecule has 0 spiro atoms. The summed E-state index contributed by atoms with van der Waals surface area (Å²) in [6, 6.07) is 0.629. The zero-order valence-corrected chi connectivity index (χ0v) is 12.1. The molecule has 2 aliphatic rings. The van der Waals surface area contributed by atoms with Gasteiger partial charge in [0.1, 0.15) is 0 Å². The predicted octanol–water partition coefficient (Wildman–Crippen LogP) is 3.36. The van der Waals surface area contributed by atoms with Crippen LogP contribution in [0.4, 0.5) is 0 Å². The van der Waals surface area contributed by atoms with Gasteiger partial charge in [-0.1, -0.05) is 30.9 Å². The summed E-state index contributed by atoms with van der Waals surface area (Å²) in [5, 5.41) is 10.3. The largest absolute Gasteiger partial charge is 0.393 e. The first kappa shape index (κ1) is 14.1. The summed E-state index contributed by atoms with van der Waals surface area (Å²) in [5.41, 5.74) is 1.41. The first-order chi connectivity index (χ1) is 8.68. The third-order valence-electron chi connectivity index (χ3n) is 4.67. The molecule has 0 aromatic heterocycles. The zero-order valence-electron chi connectivity index (χ0n) is 12.1. The molecule has 1 heterocycles. The van der Waals surface area contributed by atoms with Gasteiger partial charge in [-0.15, -0.1) is 0 Å². The molecule has 1 aliphatic heterocycles. The number of allylic oxidation sites excluding steroid dienone is 1. The van der Waals surface area contributed by atoms with Gasteiger partial charge in [0.15, 0.2) is 0 Å². The van der Waals surface area contributed by atoms with E-state index in [2.05, 4.69) is 24.8 Å². The van der Waals surface area contributed by atoms with Crippen molar-refractivity contribution in [2.75, 3.05) is 13.1 Å². The van der Waals surface area contributed by atoms with Gasteiger partial charge < -0.3 is 5.11 Å². The fraction of sp³-hybridized carbons (Fsp3) is 0.875. The van der Waals surface area contributed by atoms with Crippen molar-refractivity contribution in [2.45, 2.75) is 70.9 Å². The van der Waals surface area contributed by atoms with Gasteiger partial charge in [-0.05, 0) is 46.1 Å². The van der Waals surface area contributed by atoms with Gasteiger partial charge in [0.2, 0.25) is 0 Å². The summed E-state index contributed by atoms with van der Waals surface area (Å²) in [4.78, 5) is 2.62. The summed E-state index contributed by atoms with van der Waals surface area (Å²) in [6.45, 7) is 6.65. The minimum Gasteiger partial charge on any atom is -0.393 e. The lowest BCUT2D eigenvalue weighted by Crippen LogP contribution is -2.48. The Balaban J connectivity index is 1.99. The molecule has 3 unspecified atom stereocenters. The van der Waals surface area contributed by atoms with Crippen molar-refractivity contribution in [3.8, 4) is 0 Å². The highest BCUT2D eigenvalue weighted by atomic mass is 16.3. The Labute approximate surface area is 112 Å². The lowest BCUT2D eigenvalue weighted by molar-refractivity contribution is -0.00144. The maximum absolute atomic E-state index is 10.3. The van der Waals surface area contributed by atoms with Crippen LogP contribution in [0.1, 0.15) is 58.8 Å². The second kappa shape index (κ2) is 6.72. The molecule has 2 fully saturated rings. The molecule has 0 aromatic rings. The first-order valence-corrected chi connectivity index (χ1v) is 7.74. The summed E-state index contributed by atoms with van der Waals surface area (Å²) in [6.07, 6.45) is 11.1. The van der Waals surface area contributed by atoms with E-state index in [1.165, 1.54) is 50.6 Å². The van der Waals surface area contributed by atoms with Gasteiger partial charge in [-0.2, -0.15) is 0 Å². The SMILES string of the molecule is CC(C)=CCN1CCCCC1C1CCCCC1O. The van der Waals surface area contributed by atoms with E-state index in [1.807, 2.05) is 0 Å². The Hall–Kier alpha value is -0.340. The first-order valence-electron chi connectivity index (χ1n) is 7.74. The van der Waals surface area contributed by atoms with Crippen LogP contribution < -0.4 is 0 Å². The number of aliphatic hydroxyl groups excluding tert-OH is 1. The van der Waals surface area contributed by atoms with Crippen LogP contribution in [0.5, 0.6) is 0 Å². The fourth-order valence-electron chi connectivity index (χ4n) is 3.62. The Morgan fingerprint density at radius 1 is 1.11 bits per heavy atom. The molecule has 3 atom stereocenters. The average molecular weight is 251 g/mol. The van der Waals surface area contributed by atoms with E-state index in [-0.39, 0.29) is 6.10 Å². The van der Waals surface area contributed by atoms with Crippen molar-refractivity contribution in [3.05, 3.63) is 11.6 Å². The van der Waals surface area contributed by atoms with Crippen molar-refractivity contribution in [2.24, 2.45) is 5.92 Å². The number of hydrogen-bond acceptors (Lipinski definition) is 2. The normalized spacial score (nSPS) is 34.3. The number of rotatable bonds is 3. The van der Waals surface area contributed by atoms with Gasteiger partial charge in [0.25, 0.3) is 0 Å². The smallest absolute Gasteiger partial charge is 0.0583 e. The monoisotopic (exact) mass is 251 g/mol. The van der Waals surface area contributed by atoms with Crippen molar-refractivity contribution >= 4 is 0 Å². The van der Waals surface area contributed by atoms with E-state index >= 15 is 0 Å². The third-order valence-corrected chi connectivity index (χ3v) is 4.67. The van der Waals surface area contributed by atoms with Crippen molar-refractivity contribution in [3.63, 3.8) is 0 Å². The van der Waals surface area contributed by atoms with Gasteiger partial charge in [0.05, 0.1) is 6.10 Å². The number of nitrogens with zero attached hydrogens (tertiary/aromatic N) is 1. The second-order valence-corrected chi connectivity index (χ2v) is 6.36. The Morgan fingerprint density at radius 2 is 1.83 bits per heavy atom. The Kier molecular flexibility index (Phi) is 5.25. The topological polar surface area (TPSA) is 23.5 Å². The van der Waals surface area contributed by atoms with Crippen molar-refractivity contribution < 1.29 is 5.11 Å². The standard InChI is InChI=1S/C16H29NO/c1-13(2)10-12-17-11-6-5-8-15(17)14-7-3-4-9-16(14)18/h10,14-16,18H,3-9,11-12H2,1-2H3. The molecule has 1 aliphatic carbocycles. The van der Waals surface area contributed by atoms with Gasteiger partial charge in [0, 0.05) is 18.5 Å². The molecule has 1 saturated heterocycles. The molecular formula is C16H29NO. The zero-order chi connectivity index (χ0) is 13.0. The highest BCUT2D eigenvalue weighted by Crippen LogP contribution is 2.33. The van der Waals surface area contributed by atoms with E-state index < -0.39 is 0 Å². The number of aliphatic hydroxyl groups is 1. The van der Waals surface area contributed by atoms with Gasteiger partial charge >= 0.3 is 0 Å². The van der Waals surface area contributed by atoms with Crippen LogP contribution in [0.2, 0.25) is 0 Å². The summed E-state index contributed by atoms with van der Waals surface area (Å²) >= 11 is 0. The lowest BCUT2D eigenvalue weighted by atomic mass is 9.78. The highest BCUT2D eigenvalue weighted by Gasteiger charge is 2.34. The Bertz CT molecular complexity index is 283. The lowest BCUT2D eigenvalue weighted by Gasteiger charge is -2.43. The molecule has 18 heavy (non-hydrogen) atoms. The maximum Gasteiger partial charge on any atom is 0.0583 e. The number of piperidine rings is 1. The van der Waals surface area contributed by atoms with Crippen LogP contribution >= 0.6 is 0 Å². The molecule has 0 aromatic carbocycles. The number of likely N-dealkylation sites (tertiary alicyclic amines) is 1. The summed E-state index contributed by atoms with van der Waals surface area (Å²) in [7, 11) is 0. The predicted molar refractivity (Wildman–Crippen MR) is 76.6 cm³/mol. The van der Waals surface area contributed by atoms with Gasteiger partial charge in [-0.25, -0.2) is 0 Å². The molecule has 2 heteroatoms. The number of hydrogen-bond donors (Lipinski definition) is 1. The van der Waals surface area contributed by atoms with Crippen LogP contribution in [-0.2, 0) is 0 Å². The molecule has 1 N–H and O–H groups in total. The van der Waals surface area contributed by atoms with Crippen LogP contribution in [0, 0.1) is 5.92 Å². The quantitative estimate of drug-likeness (QED) is 0.778. The summed E-state index contributed by atoms with van der Waals surface area (Å²) in [5.74, 6) is 0.532. The molecule has 0 radical (unpaired) electrons. The van der Waals surface area contributed by atoms with Crippen LogP contribution in [0.25, 0.3) is 0 Å². The highest BCUT2D eigenvalue weighted by molar-refractivity contribution is 4.98. The van der Waals surface area contributed by atoms with E-state index in [4.69, 9.17) is 0 Å². The van der Waals surface area contributed by atoms with E-state index in [0.717, 1.165) is 13.0 Å². The van der Waals surface area contributed by atoms with Gasteiger partial charge in [-0.3, -0.25) is 4.90 Å². The average Bonchev–Trinajstić information content (AvgIpc) is 2.37. The minimum absolute atomic E-state index is 0.0453. The van der Waals surface area contributed by atoms with Crippen LogP contribution in [-0.4, -0.2) is 35.2 Å². The minimum atomic E-state index is -0.0453.